The fourth-order valence-electron chi connectivity index (χ4n) is 4.15. The molecular formula is C20H20F3NO3. The Kier molecular flexibility index (Phi) is 4.52. The lowest BCUT2D eigenvalue weighted by Crippen LogP contribution is -2.42. The second-order valence-electron chi connectivity index (χ2n) is 7.26. The van der Waals surface area contributed by atoms with Crippen molar-refractivity contribution >= 4 is 0 Å². The molecule has 2 heterocycles. The number of likely N-dealkylation sites (tertiary alicyclic amines) is 1. The molecule has 2 aliphatic rings. The molecule has 1 fully saturated rings. The Morgan fingerprint density at radius 2 is 1.89 bits per heavy atom. The third kappa shape index (κ3) is 3.61. The lowest BCUT2D eigenvalue weighted by molar-refractivity contribution is -0.274. The van der Waals surface area contributed by atoms with Crippen LogP contribution in [0.2, 0.25) is 0 Å². The molecule has 0 saturated carbocycles. The first kappa shape index (κ1) is 18.1. The minimum Gasteiger partial charge on any atom is -0.493 e. The molecule has 2 aromatic carbocycles. The van der Waals surface area contributed by atoms with Crippen LogP contribution < -0.4 is 9.47 Å². The first-order valence-electron chi connectivity index (χ1n) is 8.78. The first-order valence-corrected chi connectivity index (χ1v) is 8.78. The number of rotatable bonds is 4. The van der Waals surface area contributed by atoms with E-state index in [9.17, 15) is 18.3 Å². The summed E-state index contributed by atoms with van der Waals surface area (Å²) in [6.45, 7) is 2.51. The van der Waals surface area contributed by atoms with Crippen molar-refractivity contribution in [1.82, 2.24) is 4.90 Å². The van der Waals surface area contributed by atoms with Crippen LogP contribution in [0.1, 0.15) is 17.0 Å². The van der Waals surface area contributed by atoms with Crippen LogP contribution in [0, 0.1) is 5.41 Å². The van der Waals surface area contributed by atoms with Crippen LogP contribution in [0.5, 0.6) is 11.5 Å². The predicted octanol–water partition coefficient (Wildman–Crippen LogP) is 3.56. The molecule has 4 nitrogen and oxygen atoms in total. The van der Waals surface area contributed by atoms with E-state index in [0.717, 1.165) is 23.4 Å². The van der Waals surface area contributed by atoms with Crippen molar-refractivity contribution < 1.29 is 27.8 Å². The third-order valence-electron chi connectivity index (χ3n) is 5.41. The molecule has 144 valence electrons. The van der Waals surface area contributed by atoms with Crippen molar-refractivity contribution in [1.29, 1.82) is 0 Å². The number of nitrogens with zero attached hydrogens (tertiary/aromatic N) is 1. The monoisotopic (exact) mass is 379 g/mol. The molecule has 2 aliphatic heterocycles. The maximum absolute atomic E-state index is 12.3. The summed E-state index contributed by atoms with van der Waals surface area (Å²) in [7, 11) is 0. The van der Waals surface area contributed by atoms with E-state index < -0.39 is 6.36 Å². The number of ether oxygens (including phenoxy) is 2. The minimum absolute atomic E-state index is 0.0286. The van der Waals surface area contributed by atoms with Gasteiger partial charge in [-0.3, -0.25) is 4.90 Å². The summed E-state index contributed by atoms with van der Waals surface area (Å²) in [6, 6.07) is 13.8. The smallest absolute Gasteiger partial charge is 0.493 e. The Morgan fingerprint density at radius 1 is 1.15 bits per heavy atom. The molecular weight excluding hydrogens is 359 g/mol. The molecule has 1 saturated heterocycles. The Labute approximate surface area is 155 Å². The lowest BCUT2D eigenvalue weighted by atomic mass is 9.74. The molecule has 0 bridgehead atoms. The zero-order valence-electron chi connectivity index (χ0n) is 14.6. The van der Waals surface area contributed by atoms with Gasteiger partial charge in [-0.1, -0.05) is 30.3 Å². The molecule has 4 rings (SSSR count). The van der Waals surface area contributed by atoms with Crippen LogP contribution in [0.15, 0.2) is 48.5 Å². The summed E-state index contributed by atoms with van der Waals surface area (Å²) in [4.78, 5) is 2.21. The van der Waals surface area contributed by atoms with E-state index in [1.54, 1.807) is 12.1 Å². The standard InChI is InChI=1S/C20H20F3NO3/c21-20(22,23)27-15-7-5-14(6-8-15)9-24-10-17-16-3-1-2-4-18(16)26-13-19(17,11-24)12-25/h1-8,17,25H,9-13H2/t17-,19-/m1/s1. The number of para-hydroxylation sites is 1. The zero-order valence-corrected chi connectivity index (χ0v) is 14.6. The molecule has 27 heavy (non-hydrogen) atoms. The Bertz CT molecular complexity index is 809. The number of hydrogen-bond acceptors (Lipinski definition) is 4. The molecule has 2 atom stereocenters. The van der Waals surface area contributed by atoms with E-state index in [4.69, 9.17) is 4.74 Å². The quantitative estimate of drug-likeness (QED) is 0.882. The molecule has 7 heteroatoms. The summed E-state index contributed by atoms with van der Waals surface area (Å²) >= 11 is 0. The number of aliphatic hydroxyl groups is 1. The van der Waals surface area contributed by atoms with Crippen LogP contribution in [0.25, 0.3) is 0 Å². The van der Waals surface area contributed by atoms with Gasteiger partial charge in [0.15, 0.2) is 0 Å². The van der Waals surface area contributed by atoms with Crippen molar-refractivity contribution in [3.05, 3.63) is 59.7 Å². The van der Waals surface area contributed by atoms with Gasteiger partial charge in [0.2, 0.25) is 0 Å². The Balaban J connectivity index is 1.49. The number of hydrogen-bond donors (Lipinski definition) is 1. The van der Waals surface area contributed by atoms with Crippen LogP contribution in [0.3, 0.4) is 0 Å². The molecule has 0 spiro atoms. The summed E-state index contributed by atoms with van der Waals surface area (Å²) in [5.74, 6) is 0.804. The van der Waals surface area contributed by atoms with Gasteiger partial charge in [0, 0.05) is 31.0 Å². The summed E-state index contributed by atoms with van der Waals surface area (Å²) in [6.07, 6.45) is -4.69. The van der Waals surface area contributed by atoms with Gasteiger partial charge in [-0.15, -0.1) is 13.2 Å². The first-order chi connectivity index (χ1) is 12.9. The molecule has 0 aliphatic carbocycles. The largest absolute Gasteiger partial charge is 0.573 e. The van der Waals surface area contributed by atoms with Gasteiger partial charge in [0.05, 0.1) is 13.2 Å². The average Bonchev–Trinajstić information content (AvgIpc) is 3.01. The van der Waals surface area contributed by atoms with E-state index in [2.05, 4.69) is 9.64 Å². The van der Waals surface area contributed by atoms with Crippen molar-refractivity contribution in [2.24, 2.45) is 5.41 Å². The summed E-state index contributed by atoms with van der Waals surface area (Å²) in [5, 5.41) is 10.1. The van der Waals surface area contributed by atoms with E-state index in [0.29, 0.717) is 19.7 Å². The zero-order chi connectivity index (χ0) is 19.1. The normalized spacial score (nSPS) is 24.8. The highest BCUT2D eigenvalue weighted by Crippen LogP contribution is 2.49. The van der Waals surface area contributed by atoms with Gasteiger partial charge in [0.25, 0.3) is 0 Å². The number of benzene rings is 2. The van der Waals surface area contributed by atoms with Crippen molar-refractivity contribution in [2.45, 2.75) is 18.8 Å². The van der Waals surface area contributed by atoms with Crippen molar-refractivity contribution in [3.8, 4) is 11.5 Å². The van der Waals surface area contributed by atoms with Crippen LogP contribution in [-0.4, -0.2) is 42.7 Å². The van der Waals surface area contributed by atoms with E-state index in [1.165, 1.54) is 12.1 Å². The van der Waals surface area contributed by atoms with E-state index in [-0.39, 0.29) is 23.7 Å². The number of halogens is 3. The van der Waals surface area contributed by atoms with E-state index in [1.807, 2.05) is 24.3 Å². The molecule has 0 aromatic heterocycles. The molecule has 2 aromatic rings. The van der Waals surface area contributed by atoms with Gasteiger partial charge >= 0.3 is 6.36 Å². The molecule has 0 radical (unpaired) electrons. The van der Waals surface area contributed by atoms with Gasteiger partial charge in [-0.2, -0.15) is 0 Å². The molecule has 1 N–H and O–H groups in total. The highest BCUT2D eigenvalue weighted by molar-refractivity contribution is 5.41. The van der Waals surface area contributed by atoms with Crippen LogP contribution >= 0.6 is 0 Å². The second-order valence-corrected chi connectivity index (χ2v) is 7.26. The lowest BCUT2D eigenvalue weighted by Gasteiger charge is -2.38. The number of aliphatic hydroxyl groups excluding tert-OH is 1. The summed E-state index contributed by atoms with van der Waals surface area (Å²) < 4.78 is 46.6. The predicted molar refractivity (Wildman–Crippen MR) is 92.6 cm³/mol. The summed E-state index contributed by atoms with van der Waals surface area (Å²) in [5.41, 5.74) is 1.65. The van der Waals surface area contributed by atoms with Gasteiger partial charge < -0.3 is 14.6 Å². The SMILES string of the molecule is OC[C@]12COc3ccccc3[C@H]1CN(Cc1ccc(OC(F)(F)F)cc1)C2. The number of fused-ring (bicyclic) bond motifs is 3. The Morgan fingerprint density at radius 3 is 2.59 bits per heavy atom. The van der Waals surface area contributed by atoms with Crippen LogP contribution in [0.4, 0.5) is 13.2 Å². The number of alkyl halides is 3. The Hall–Kier alpha value is -2.25. The highest BCUT2D eigenvalue weighted by atomic mass is 19.4. The van der Waals surface area contributed by atoms with Crippen molar-refractivity contribution in [3.63, 3.8) is 0 Å². The highest BCUT2D eigenvalue weighted by Gasteiger charge is 2.50. The van der Waals surface area contributed by atoms with Gasteiger partial charge in [-0.25, -0.2) is 0 Å². The van der Waals surface area contributed by atoms with Crippen LogP contribution in [-0.2, 0) is 6.54 Å². The average molecular weight is 379 g/mol. The van der Waals surface area contributed by atoms with Gasteiger partial charge in [-0.05, 0) is 29.3 Å². The topological polar surface area (TPSA) is 41.9 Å². The maximum atomic E-state index is 12.3. The maximum Gasteiger partial charge on any atom is 0.573 e. The fraction of sp³-hybridized carbons (Fsp3) is 0.400. The van der Waals surface area contributed by atoms with E-state index >= 15 is 0 Å². The molecule has 0 amide bonds. The van der Waals surface area contributed by atoms with Crippen molar-refractivity contribution in [2.75, 3.05) is 26.3 Å². The second kappa shape index (κ2) is 6.73. The third-order valence-corrected chi connectivity index (χ3v) is 5.41. The minimum atomic E-state index is -4.69. The van der Waals surface area contributed by atoms with Gasteiger partial charge in [0.1, 0.15) is 11.5 Å². The molecule has 0 unspecified atom stereocenters. The fourth-order valence-corrected chi connectivity index (χ4v) is 4.15.